The number of aliphatic hydroxyl groups excluding tert-OH is 1. The number of nitrogens with zero attached hydrogens (tertiary/aromatic N) is 3. The van der Waals surface area contributed by atoms with Crippen molar-refractivity contribution in [3.8, 4) is 10.6 Å². The molecule has 0 unspecified atom stereocenters. The number of halogens is 1. The highest BCUT2D eigenvalue weighted by atomic mass is 32.1. The highest BCUT2D eigenvalue weighted by molar-refractivity contribution is 7.17. The predicted molar refractivity (Wildman–Crippen MR) is 118 cm³/mol. The molecule has 0 aliphatic carbocycles. The molecule has 0 radical (unpaired) electrons. The molecular weight excluding hydrogens is 439 g/mol. The molecule has 2 N–H and O–H groups in total. The van der Waals surface area contributed by atoms with Crippen LogP contribution in [0.5, 0.6) is 0 Å². The van der Waals surface area contributed by atoms with Gasteiger partial charge in [-0.3, -0.25) is 9.59 Å². The predicted octanol–water partition coefficient (Wildman–Crippen LogP) is 3.36. The lowest BCUT2D eigenvalue weighted by atomic mass is 9.96. The van der Waals surface area contributed by atoms with Crippen molar-refractivity contribution in [3.63, 3.8) is 0 Å². The number of aryl methyl sites for hydroxylation is 1. The monoisotopic (exact) mass is 460 g/mol. The minimum atomic E-state index is -1.13. The van der Waals surface area contributed by atoms with Crippen LogP contribution in [-0.4, -0.2) is 51.0 Å². The zero-order chi connectivity index (χ0) is 22.0. The third-order valence-corrected chi connectivity index (χ3v) is 7.17. The number of benzene rings is 1. The summed E-state index contributed by atoms with van der Waals surface area (Å²) in [6, 6.07) is 8.87. The van der Waals surface area contributed by atoms with E-state index in [1.54, 1.807) is 0 Å². The summed E-state index contributed by atoms with van der Waals surface area (Å²) in [5.74, 6) is -1.09. The lowest BCUT2D eigenvalue weighted by Crippen LogP contribution is -2.43. The van der Waals surface area contributed by atoms with Crippen molar-refractivity contribution < 1.29 is 19.1 Å². The topological polar surface area (TPSA) is 95.4 Å². The fourth-order valence-corrected chi connectivity index (χ4v) is 5.45. The molecule has 1 aliphatic heterocycles. The summed E-state index contributed by atoms with van der Waals surface area (Å²) in [7, 11) is 0. The van der Waals surface area contributed by atoms with E-state index in [1.165, 1.54) is 27.6 Å². The molecular formula is C21H21FN4O3S2. The van der Waals surface area contributed by atoms with E-state index in [1.807, 2.05) is 42.6 Å². The van der Waals surface area contributed by atoms with Crippen LogP contribution in [-0.2, 0) is 16.2 Å². The van der Waals surface area contributed by atoms with E-state index in [-0.39, 0.29) is 18.4 Å². The number of amides is 2. The molecule has 31 heavy (non-hydrogen) atoms. The van der Waals surface area contributed by atoms with Crippen LogP contribution in [0.3, 0.4) is 0 Å². The molecule has 1 aliphatic rings. The molecule has 1 fully saturated rings. The smallest absolute Gasteiger partial charge is 0.254 e. The first-order valence-corrected chi connectivity index (χ1v) is 11.4. The number of alkyl halides is 1. The Balaban J connectivity index is 1.51. The van der Waals surface area contributed by atoms with Crippen LogP contribution in [0, 0.1) is 6.92 Å². The van der Waals surface area contributed by atoms with E-state index in [9.17, 15) is 19.1 Å². The van der Waals surface area contributed by atoms with Crippen LogP contribution in [0.1, 0.15) is 28.6 Å². The lowest BCUT2D eigenvalue weighted by molar-refractivity contribution is -0.137. The molecule has 1 aromatic carbocycles. The number of nitrogens with one attached hydrogen (secondary N) is 1. The van der Waals surface area contributed by atoms with Gasteiger partial charge in [-0.25, -0.2) is 14.4 Å². The Kier molecular flexibility index (Phi) is 6.40. The van der Waals surface area contributed by atoms with Crippen LogP contribution in [0.15, 0.2) is 35.7 Å². The molecule has 2 atom stereocenters. The molecule has 0 bridgehead atoms. The second kappa shape index (κ2) is 9.21. The van der Waals surface area contributed by atoms with Crippen molar-refractivity contribution in [1.82, 2.24) is 14.9 Å². The number of hydrogen-bond donors (Lipinski definition) is 2. The van der Waals surface area contributed by atoms with Crippen LogP contribution >= 0.6 is 22.7 Å². The van der Waals surface area contributed by atoms with E-state index >= 15 is 0 Å². The number of carbonyl (C=O) groups excluding carboxylic acids is 2. The van der Waals surface area contributed by atoms with E-state index in [4.69, 9.17) is 0 Å². The molecule has 7 nitrogen and oxygen atoms in total. The number of thiazole rings is 2. The Hall–Kier alpha value is -2.69. The second-order valence-corrected chi connectivity index (χ2v) is 9.19. The van der Waals surface area contributed by atoms with E-state index in [2.05, 4.69) is 15.3 Å². The number of rotatable bonds is 6. The number of likely N-dealkylation sites (tertiary alicyclic amines) is 1. The first-order chi connectivity index (χ1) is 15.0. The zero-order valence-electron chi connectivity index (χ0n) is 16.7. The van der Waals surface area contributed by atoms with Crippen molar-refractivity contribution in [3.05, 3.63) is 52.0 Å². The maximum Gasteiger partial charge on any atom is 0.254 e. The molecule has 3 heterocycles. The van der Waals surface area contributed by atoms with Crippen LogP contribution in [0.2, 0.25) is 0 Å². The van der Waals surface area contributed by atoms with Gasteiger partial charge in [-0.1, -0.05) is 30.3 Å². The van der Waals surface area contributed by atoms with Gasteiger partial charge in [-0.05, 0) is 18.9 Å². The zero-order valence-corrected chi connectivity index (χ0v) is 18.4. The normalized spacial score (nSPS) is 18.4. The maximum atomic E-state index is 13.1. The van der Waals surface area contributed by atoms with Gasteiger partial charge in [0.25, 0.3) is 5.91 Å². The number of aliphatic hydroxyl groups is 1. The quantitative estimate of drug-likeness (QED) is 0.588. The average Bonchev–Trinajstić information content (AvgIpc) is 3.51. The molecule has 162 valence electrons. The number of carbonyl (C=O) groups is 2. The van der Waals surface area contributed by atoms with Gasteiger partial charge in [0.05, 0.1) is 22.9 Å². The summed E-state index contributed by atoms with van der Waals surface area (Å²) >= 11 is 2.62. The summed E-state index contributed by atoms with van der Waals surface area (Å²) in [6.45, 7) is 0.871. The van der Waals surface area contributed by atoms with Crippen molar-refractivity contribution in [2.45, 2.75) is 31.9 Å². The average molecular weight is 461 g/mol. The first kappa shape index (κ1) is 21.5. The molecule has 10 heteroatoms. The Bertz CT molecular complexity index is 1090. The molecule has 4 rings (SSSR count). The molecule has 2 amide bonds. The molecule has 2 aromatic heterocycles. The van der Waals surface area contributed by atoms with Gasteiger partial charge >= 0.3 is 0 Å². The Morgan fingerprint density at radius 2 is 2.06 bits per heavy atom. The van der Waals surface area contributed by atoms with Gasteiger partial charge in [0.1, 0.15) is 11.0 Å². The fraction of sp³-hybridized carbons (Fsp3) is 0.333. The molecule has 0 saturated carbocycles. The Labute approximate surface area is 186 Å². The third-order valence-electron chi connectivity index (χ3n) is 5.25. The Morgan fingerprint density at radius 1 is 1.29 bits per heavy atom. The van der Waals surface area contributed by atoms with Gasteiger partial charge in [0.2, 0.25) is 5.91 Å². The van der Waals surface area contributed by atoms with Crippen molar-refractivity contribution in [2.24, 2.45) is 0 Å². The van der Waals surface area contributed by atoms with Gasteiger partial charge in [-0.2, -0.15) is 0 Å². The van der Waals surface area contributed by atoms with Crippen molar-refractivity contribution in [2.75, 3.05) is 18.5 Å². The standard InChI is InChI=1S/C21H21FN4O3S2/c1-12-19(31-17(10-27)23-12)15-11-30-21(24-15)25-20(29)16-7-14(9-26(16)18(28)8-22)13-5-3-2-4-6-13/h2-6,11,14,16,27H,7-10H2,1H3,(H,24,25,29)/t14-,16+/m1/s1. The number of anilines is 1. The number of aromatic nitrogens is 2. The summed E-state index contributed by atoms with van der Waals surface area (Å²) in [5.41, 5.74) is 2.45. The van der Waals surface area contributed by atoms with Crippen molar-refractivity contribution in [1.29, 1.82) is 0 Å². The van der Waals surface area contributed by atoms with E-state index < -0.39 is 18.6 Å². The summed E-state index contributed by atoms with van der Waals surface area (Å²) in [6.07, 6.45) is 0.424. The van der Waals surface area contributed by atoms with Gasteiger partial charge < -0.3 is 15.3 Å². The van der Waals surface area contributed by atoms with E-state index in [0.29, 0.717) is 28.8 Å². The lowest BCUT2D eigenvalue weighted by Gasteiger charge is -2.22. The molecule has 3 aromatic rings. The Morgan fingerprint density at radius 3 is 2.74 bits per heavy atom. The van der Waals surface area contributed by atoms with Crippen LogP contribution in [0.25, 0.3) is 10.6 Å². The molecule has 0 spiro atoms. The van der Waals surface area contributed by atoms with Crippen LogP contribution in [0.4, 0.5) is 9.52 Å². The van der Waals surface area contributed by atoms with Gasteiger partial charge in [0.15, 0.2) is 11.8 Å². The summed E-state index contributed by atoms with van der Waals surface area (Å²) in [5, 5.41) is 14.9. The minimum absolute atomic E-state index is 0.0314. The third kappa shape index (κ3) is 4.51. The summed E-state index contributed by atoms with van der Waals surface area (Å²) in [4.78, 5) is 36.0. The minimum Gasteiger partial charge on any atom is -0.389 e. The van der Waals surface area contributed by atoms with E-state index in [0.717, 1.165) is 16.1 Å². The van der Waals surface area contributed by atoms with Gasteiger partial charge in [-0.15, -0.1) is 22.7 Å². The maximum absolute atomic E-state index is 13.1. The largest absolute Gasteiger partial charge is 0.389 e. The first-order valence-electron chi connectivity index (χ1n) is 9.74. The SMILES string of the molecule is Cc1nc(CO)sc1-c1csc(NC(=O)[C@@H]2C[C@@H](c3ccccc3)CN2C(=O)CF)n1. The number of hydrogen-bond acceptors (Lipinski definition) is 7. The second-order valence-electron chi connectivity index (χ2n) is 7.25. The van der Waals surface area contributed by atoms with Gasteiger partial charge in [0, 0.05) is 17.8 Å². The van der Waals surface area contributed by atoms with Crippen molar-refractivity contribution >= 4 is 39.6 Å². The summed E-state index contributed by atoms with van der Waals surface area (Å²) < 4.78 is 13.1. The highest BCUT2D eigenvalue weighted by Gasteiger charge is 2.40. The highest BCUT2D eigenvalue weighted by Crippen LogP contribution is 2.34. The van der Waals surface area contributed by atoms with Crippen LogP contribution < -0.4 is 5.32 Å². The fourth-order valence-electron chi connectivity index (χ4n) is 3.79. The molecule has 1 saturated heterocycles.